The lowest BCUT2D eigenvalue weighted by atomic mass is 10.0. The average molecular weight is 219 g/mol. The molecule has 0 aromatic heterocycles. The predicted octanol–water partition coefficient (Wildman–Crippen LogP) is 1.86. The maximum atomic E-state index is 9.84. The molecule has 16 heavy (non-hydrogen) atoms. The summed E-state index contributed by atoms with van der Waals surface area (Å²) in [6, 6.07) is 8.68. The van der Waals surface area contributed by atoms with Crippen molar-refractivity contribution in [3.05, 3.63) is 35.4 Å². The standard InChI is InChI=1S/C14H21NO/c1-14(2,16)11-15-9-7-12-5-3-4-6-13(12)8-10-15/h3-6,16H,7-11H2,1-2H3. The van der Waals surface area contributed by atoms with E-state index in [1.54, 1.807) is 0 Å². The van der Waals surface area contributed by atoms with Crippen LogP contribution in [-0.4, -0.2) is 35.2 Å². The highest BCUT2D eigenvalue weighted by atomic mass is 16.3. The molecular formula is C14H21NO. The van der Waals surface area contributed by atoms with Crippen LogP contribution in [0.15, 0.2) is 24.3 Å². The quantitative estimate of drug-likeness (QED) is 0.820. The minimum absolute atomic E-state index is 0.587. The summed E-state index contributed by atoms with van der Waals surface area (Å²) < 4.78 is 0. The number of benzene rings is 1. The van der Waals surface area contributed by atoms with E-state index >= 15 is 0 Å². The van der Waals surface area contributed by atoms with Gasteiger partial charge in [0.15, 0.2) is 0 Å². The molecule has 88 valence electrons. The molecule has 0 amide bonds. The van der Waals surface area contributed by atoms with Crippen molar-refractivity contribution in [3.8, 4) is 0 Å². The van der Waals surface area contributed by atoms with Gasteiger partial charge in [0, 0.05) is 19.6 Å². The van der Waals surface area contributed by atoms with E-state index in [0.29, 0.717) is 0 Å². The van der Waals surface area contributed by atoms with Gasteiger partial charge < -0.3 is 5.11 Å². The van der Waals surface area contributed by atoms with Crippen LogP contribution in [0.1, 0.15) is 25.0 Å². The van der Waals surface area contributed by atoms with Crippen LogP contribution in [0.5, 0.6) is 0 Å². The van der Waals surface area contributed by atoms with Gasteiger partial charge in [-0.2, -0.15) is 0 Å². The summed E-state index contributed by atoms with van der Waals surface area (Å²) in [6.07, 6.45) is 2.21. The number of β-amino-alcohol motifs (C(OH)–C–C–N with tert-alkyl or cyclic N) is 1. The number of nitrogens with zero attached hydrogens (tertiary/aromatic N) is 1. The van der Waals surface area contributed by atoms with E-state index in [4.69, 9.17) is 0 Å². The Morgan fingerprint density at radius 1 is 1.12 bits per heavy atom. The van der Waals surface area contributed by atoms with Gasteiger partial charge in [-0.1, -0.05) is 24.3 Å². The zero-order chi connectivity index (χ0) is 11.6. The topological polar surface area (TPSA) is 23.5 Å². The first-order valence-electron chi connectivity index (χ1n) is 6.06. The van der Waals surface area contributed by atoms with Crippen LogP contribution in [0.2, 0.25) is 0 Å². The van der Waals surface area contributed by atoms with Gasteiger partial charge >= 0.3 is 0 Å². The van der Waals surface area contributed by atoms with Crippen molar-refractivity contribution < 1.29 is 5.11 Å². The van der Waals surface area contributed by atoms with Gasteiger partial charge in [-0.05, 0) is 37.8 Å². The van der Waals surface area contributed by atoms with Crippen LogP contribution in [0.4, 0.5) is 0 Å². The number of aliphatic hydroxyl groups is 1. The van der Waals surface area contributed by atoms with Gasteiger partial charge in [-0.15, -0.1) is 0 Å². The lowest BCUT2D eigenvalue weighted by Crippen LogP contribution is -2.39. The maximum Gasteiger partial charge on any atom is 0.0718 e. The van der Waals surface area contributed by atoms with Gasteiger partial charge in [0.25, 0.3) is 0 Å². The molecule has 2 rings (SSSR count). The molecule has 0 radical (unpaired) electrons. The van der Waals surface area contributed by atoms with Crippen LogP contribution >= 0.6 is 0 Å². The Hall–Kier alpha value is -0.860. The summed E-state index contributed by atoms with van der Waals surface area (Å²) in [7, 11) is 0. The summed E-state index contributed by atoms with van der Waals surface area (Å²) in [5, 5.41) is 9.84. The number of hydrogen-bond acceptors (Lipinski definition) is 2. The van der Waals surface area contributed by atoms with E-state index < -0.39 is 5.60 Å². The Kier molecular flexibility index (Phi) is 3.31. The fourth-order valence-corrected chi connectivity index (χ4v) is 2.42. The van der Waals surface area contributed by atoms with Crippen molar-refractivity contribution in [2.75, 3.05) is 19.6 Å². The van der Waals surface area contributed by atoms with Gasteiger partial charge in [-0.25, -0.2) is 0 Å². The Labute approximate surface area is 97.9 Å². The molecule has 1 aliphatic rings. The first-order valence-corrected chi connectivity index (χ1v) is 6.06. The zero-order valence-electron chi connectivity index (χ0n) is 10.2. The highest BCUT2D eigenvalue weighted by Crippen LogP contribution is 2.16. The summed E-state index contributed by atoms with van der Waals surface area (Å²) in [5.74, 6) is 0. The second-order valence-corrected chi connectivity index (χ2v) is 5.36. The molecule has 0 saturated carbocycles. The SMILES string of the molecule is CC(C)(O)CN1CCc2ccccc2CC1. The molecule has 1 aliphatic heterocycles. The minimum Gasteiger partial charge on any atom is -0.389 e. The molecule has 1 aromatic rings. The van der Waals surface area contributed by atoms with Crippen molar-refractivity contribution in [1.82, 2.24) is 4.90 Å². The van der Waals surface area contributed by atoms with Crippen LogP contribution in [0.3, 0.4) is 0 Å². The molecular weight excluding hydrogens is 198 g/mol. The molecule has 2 nitrogen and oxygen atoms in total. The molecule has 0 saturated heterocycles. The zero-order valence-corrected chi connectivity index (χ0v) is 10.2. The summed E-state index contributed by atoms with van der Waals surface area (Å²) in [6.45, 7) is 6.64. The normalized spacial score (nSPS) is 17.9. The van der Waals surface area contributed by atoms with E-state index in [-0.39, 0.29) is 0 Å². The number of rotatable bonds is 2. The summed E-state index contributed by atoms with van der Waals surface area (Å²) in [5.41, 5.74) is 2.36. The van der Waals surface area contributed by atoms with Crippen LogP contribution in [0, 0.1) is 0 Å². The lowest BCUT2D eigenvalue weighted by molar-refractivity contribution is 0.0376. The van der Waals surface area contributed by atoms with E-state index in [1.807, 2.05) is 13.8 Å². The number of hydrogen-bond donors (Lipinski definition) is 1. The third-order valence-corrected chi connectivity index (χ3v) is 3.12. The summed E-state index contributed by atoms with van der Waals surface area (Å²) >= 11 is 0. The number of fused-ring (bicyclic) bond motifs is 1. The van der Waals surface area contributed by atoms with E-state index in [0.717, 1.165) is 32.5 Å². The van der Waals surface area contributed by atoms with Gasteiger partial charge in [0.05, 0.1) is 5.60 Å². The highest BCUT2D eigenvalue weighted by Gasteiger charge is 2.20. The molecule has 0 atom stereocenters. The molecule has 0 fully saturated rings. The minimum atomic E-state index is -0.587. The Balaban J connectivity index is 2.02. The van der Waals surface area contributed by atoms with Crippen LogP contribution in [-0.2, 0) is 12.8 Å². The molecule has 1 heterocycles. The average Bonchev–Trinajstić information content (AvgIpc) is 2.39. The third kappa shape index (κ3) is 3.06. The highest BCUT2D eigenvalue weighted by molar-refractivity contribution is 5.28. The van der Waals surface area contributed by atoms with Crippen molar-refractivity contribution >= 4 is 0 Å². The maximum absolute atomic E-state index is 9.84. The second kappa shape index (κ2) is 4.56. The summed E-state index contributed by atoms with van der Waals surface area (Å²) in [4.78, 5) is 2.36. The van der Waals surface area contributed by atoms with Crippen molar-refractivity contribution in [2.24, 2.45) is 0 Å². The molecule has 1 aromatic carbocycles. The Bertz CT molecular complexity index is 327. The predicted molar refractivity (Wildman–Crippen MR) is 66.6 cm³/mol. The van der Waals surface area contributed by atoms with Gasteiger partial charge in [0.1, 0.15) is 0 Å². The molecule has 0 unspecified atom stereocenters. The molecule has 0 spiro atoms. The smallest absolute Gasteiger partial charge is 0.0718 e. The Morgan fingerprint density at radius 3 is 2.06 bits per heavy atom. The van der Waals surface area contributed by atoms with E-state index in [1.165, 1.54) is 11.1 Å². The van der Waals surface area contributed by atoms with Gasteiger partial charge in [-0.3, -0.25) is 4.90 Å². The third-order valence-electron chi connectivity index (χ3n) is 3.12. The van der Waals surface area contributed by atoms with Crippen LogP contribution < -0.4 is 0 Å². The fourth-order valence-electron chi connectivity index (χ4n) is 2.42. The fraction of sp³-hybridized carbons (Fsp3) is 0.571. The van der Waals surface area contributed by atoms with Gasteiger partial charge in [0.2, 0.25) is 0 Å². The lowest BCUT2D eigenvalue weighted by Gasteiger charge is -2.27. The molecule has 0 bridgehead atoms. The van der Waals surface area contributed by atoms with E-state index in [2.05, 4.69) is 29.2 Å². The molecule has 1 N–H and O–H groups in total. The first-order chi connectivity index (χ1) is 7.54. The molecule has 0 aliphatic carbocycles. The first kappa shape index (κ1) is 11.6. The Morgan fingerprint density at radius 2 is 1.62 bits per heavy atom. The largest absolute Gasteiger partial charge is 0.389 e. The van der Waals surface area contributed by atoms with E-state index in [9.17, 15) is 5.11 Å². The molecule has 2 heteroatoms. The van der Waals surface area contributed by atoms with Crippen molar-refractivity contribution in [1.29, 1.82) is 0 Å². The van der Waals surface area contributed by atoms with Crippen molar-refractivity contribution in [3.63, 3.8) is 0 Å². The van der Waals surface area contributed by atoms with Crippen LogP contribution in [0.25, 0.3) is 0 Å². The second-order valence-electron chi connectivity index (χ2n) is 5.36. The van der Waals surface area contributed by atoms with Crippen molar-refractivity contribution in [2.45, 2.75) is 32.3 Å². The monoisotopic (exact) mass is 219 g/mol.